The molecule has 194 valence electrons. The van der Waals surface area contributed by atoms with E-state index in [1.54, 1.807) is 24.9 Å². The van der Waals surface area contributed by atoms with Crippen molar-refractivity contribution in [3.63, 3.8) is 0 Å². The van der Waals surface area contributed by atoms with Crippen LogP contribution in [0.4, 0.5) is 5.69 Å². The Morgan fingerprint density at radius 3 is 2.73 bits per heavy atom. The Kier molecular flexibility index (Phi) is 5.63. The number of hydrogen-bond donors (Lipinski definition) is 3. The molecule has 6 aromatic heterocycles. The molecule has 6 heterocycles. The van der Waals surface area contributed by atoms with E-state index in [1.165, 1.54) is 5.56 Å². The smallest absolute Gasteiger partial charge is 0.166 e. The molecular formula is C30H24N10. The van der Waals surface area contributed by atoms with Crippen LogP contribution in [0, 0.1) is 6.92 Å². The van der Waals surface area contributed by atoms with E-state index in [2.05, 4.69) is 54.2 Å². The molecule has 0 saturated heterocycles. The number of aryl methyl sites for hydroxylation is 1. The van der Waals surface area contributed by atoms with Crippen LogP contribution >= 0.6 is 0 Å². The first-order valence-corrected chi connectivity index (χ1v) is 12.8. The second kappa shape index (κ2) is 9.59. The Labute approximate surface area is 228 Å². The molecule has 0 aliphatic carbocycles. The van der Waals surface area contributed by atoms with Gasteiger partial charge in [-0.05, 0) is 36.8 Å². The molecule has 0 amide bonds. The molecule has 0 radical (unpaired) electrons. The van der Waals surface area contributed by atoms with Crippen LogP contribution < -0.4 is 5.32 Å². The number of nitrogens with one attached hydrogen (secondary N) is 3. The van der Waals surface area contributed by atoms with Crippen molar-refractivity contribution in [3.8, 4) is 28.6 Å². The molecular weight excluding hydrogens is 500 g/mol. The van der Waals surface area contributed by atoms with Crippen molar-refractivity contribution >= 4 is 27.8 Å². The molecule has 0 atom stereocenters. The number of pyridine rings is 3. The average Bonchev–Trinajstić information content (AvgIpc) is 3.71. The number of anilines is 1. The van der Waals surface area contributed by atoms with Crippen molar-refractivity contribution < 1.29 is 0 Å². The topological polar surface area (TPSA) is 126 Å². The third kappa shape index (κ3) is 4.37. The summed E-state index contributed by atoms with van der Waals surface area (Å²) in [6, 6.07) is 18.1. The first-order valence-electron chi connectivity index (χ1n) is 12.8. The van der Waals surface area contributed by atoms with Gasteiger partial charge in [-0.1, -0.05) is 36.9 Å². The lowest BCUT2D eigenvalue weighted by atomic mass is 10.1. The molecule has 0 unspecified atom stereocenters. The first kappa shape index (κ1) is 23.5. The quantitative estimate of drug-likeness (QED) is 0.247. The van der Waals surface area contributed by atoms with E-state index in [-0.39, 0.29) is 0 Å². The van der Waals surface area contributed by atoms with Crippen LogP contribution in [0.15, 0.2) is 98.0 Å². The molecule has 10 nitrogen and oxygen atoms in total. The third-order valence-corrected chi connectivity index (χ3v) is 6.59. The lowest BCUT2D eigenvalue weighted by Gasteiger charge is -2.11. The summed E-state index contributed by atoms with van der Waals surface area (Å²) in [5.74, 6) is 1.29. The minimum Gasteiger partial charge on any atom is -0.358 e. The van der Waals surface area contributed by atoms with E-state index < -0.39 is 0 Å². The highest BCUT2D eigenvalue weighted by molar-refractivity contribution is 5.92. The highest BCUT2D eigenvalue weighted by atomic mass is 15.2. The van der Waals surface area contributed by atoms with E-state index in [9.17, 15) is 0 Å². The van der Waals surface area contributed by atoms with E-state index in [0.717, 1.165) is 51.3 Å². The van der Waals surface area contributed by atoms with Gasteiger partial charge in [-0.25, -0.2) is 19.9 Å². The fraction of sp³-hybridized carbons (Fsp3) is 0.0667. The SMILES string of the molecule is C=C(Cc1ccccc1)Nc1cncc(-c2ccc3[nH]nc(-c4nc5c(-n6cnc(C)c6)nccc5[nH]4)c3n2)c1. The van der Waals surface area contributed by atoms with Gasteiger partial charge in [0.25, 0.3) is 0 Å². The average molecular weight is 525 g/mol. The Morgan fingerprint density at radius 2 is 1.88 bits per heavy atom. The summed E-state index contributed by atoms with van der Waals surface area (Å²) in [7, 11) is 0. The highest BCUT2D eigenvalue weighted by Gasteiger charge is 2.17. The van der Waals surface area contributed by atoms with Crippen molar-refractivity contribution in [2.75, 3.05) is 5.32 Å². The first-order chi connectivity index (χ1) is 19.6. The molecule has 1 aromatic carbocycles. The van der Waals surface area contributed by atoms with Gasteiger partial charge in [0, 0.05) is 36.3 Å². The van der Waals surface area contributed by atoms with Crippen LogP contribution in [0.25, 0.3) is 50.7 Å². The Hall–Kier alpha value is -5.64. The van der Waals surface area contributed by atoms with E-state index >= 15 is 0 Å². The Morgan fingerprint density at radius 1 is 0.975 bits per heavy atom. The minimum absolute atomic E-state index is 0.600. The monoisotopic (exact) mass is 524 g/mol. The highest BCUT2D eigenvalue weighted by Crippen LogP contribution is 2.29. The molecule has 0 fully saturated rings. The maximum atomic E-state index is 4.95. The minimum atomic E-state index is 0.600. The number of benzene rings is 1. The predicted molar refractivity (Wildman–Crippen MR) is 155 cm³/mol. The normalized spacial score (nSPS) is 11.3. The third-order valence-electron chi connectivity index (χ3n) is 6.59. The number of fused-ring (bicyclic) bond motifs is 2. The zero-order valence-electron chi connectivity index (χ0n) is 21.6. The number of hydrogen-bond acceptors (Lipinski definition) is 7. The summed E-state index contributed by atoms with van der Waals surface area (Å²) in [5.41, 5.74) is 9.17. The molecule has 7 rings (SSSR count). The maximum Gasteiger partial charge on any atom is 0.166 e. The van der Waals surface area contributed by atoms with Crippen LogP contribution in [0.3, 0.4) is 0 Å². The lowest BCUT2D eigenvalue weighted by molar-refractivity contribution is 1.00. The molecule has 7 aromatic rings. The van der Waals surface area contributed by atoms with Gasteiger partial charge < -0.3 is 10.3 Å². The number of allylic oxidation sites excluding steroid dienone is 1. The van der Waals surface area contributed by atoms with Gasteiger partial charge in [0.15, 0.2) is 17.3 Å². The van der Waals surface area contributed by atoms with Crippen LogP contribution in [0.2, 0.25) is 0 Å². The van der Waals surface area contributed by atoms with Crippen molar-refractivity contribution in [2.45, 2.75) is 13.3 Å². The molecule has 0 bridgehead atoms. The van der Waals surface area contributed by atoms with Gasteiger partial charge in [0.1, 0.15) is 17.4 Å². The fourth-order valence-corrected chi connectivity index (χ4v) is 4.72. The summed E-state index contributed by atoms with van der Waals surface area (Å²) >= 11 is 0. The molecule has 3 N–H and O–H groups in total. The largest absolute Gasteiger partial charge is 0.358 e. The molecule has 0 aliphatic rings. The van der Waals surface area contributed by atoms with E-state index in [0.29, 0.717) is 22.9 Å². The van der Waals surface area contributed by atoms with Gasteiger partial charge in [0.2, 0.25) is 0 Å². The predicted octanol–water partition coefficient (Wildman–Crippen LogP) is 5.62. The number of imidazole rings is 2. The van der Waals surface area contributed by atoms with Gasteiger partial charge in [-0.15, -0.1) is 0 Å². The summed E-state index contributed by atoms with van der Waals surface area (Å²) in [6.07, 6.45) is 9.70. The second-order valence-electron chi connectivity index (χ2n) is 9.56. The van der Waals surface area contributed by atoms with Gasteiger partial charge in [0.05, 0.1) is 34.3 Å². The van der Waals surface area contributed by atoms with Crippen molar-refractivity contribution in [3.05, 3.63) is 109 Å². The number of nitrogens with zero attached hydrogens (tertiary/aromatic N) is 7. The fourth-order valence-electron chi connectivity index (χ4n) is 4.72. The molecule has 0 saturated carbocycles. The number of aromatic nitrogens is 9. The van der Waals surface area contributed by atoms with E-state index in [1.807, 2.05) is 60.2 Å². The number of aromatic amines is 2. The molecule has 0 spiro atoms. The molecule has 10 heteroatoms. The van der Waals surface area contributed by atoms with Crippen molar-refractivity contribution in [2.24, 2.45) is 0 Å². The summed E-state index contributed by atoms with van der Waals surface area (Å²) in [4.78, 5) is 26.5. The zero-order chi connectivity index (χ0) is 27.1. The summed E-state index contributed by atoms with van der Waals surface area (Å²) in [6.45, 7) is 6.12. The number of rotatable bonds is 7. The van der Waals surface area contributed by atoms with Crippen molar-refractivity contribution in [1.82, 2.24) is 44.7 Å². The maximum absolute atomic E-state index is 4.95. The van der Waals surface area contributed by atoms with Crippen LogP contribution in [-0.4, -0.2) is 44.7 Å². The van der Waals surface area contributed by atoms with Crippen LogP contribution in [0.1, 0.15) is 11.3 Å². The zero-order valence-corrected chi connectivity index (χ0v) is 21.6. The Bertz CT molecular complexity index is 2000. The van der Waals surface area contributed by atoms with Crippen molar-refractivity contribution in [1.29, 1.82) is 0 Å². The van der Waals surface area contributed by atoms with Crippen LogP contribution in [-0.2, 0) is 6.42 Å². The standard InChI is InChI=1S/C30H24N10/c1-18(12-20-6-4-3-5-7-20)34-22-13-21(14-31-15-22)23-8-9-25-26(35-23)28(39-38-25)29-36-24-10-11-32-30(27(24)37-29)40-16-19(2)33-17-40/h3-11,13-17,34H,1,12H2,2H3,(H,36,37)(H,38,39). The van der Waals surface area contributed by atoms with Gasteiger partial charge in [-0.3, -0.25) is 14.6 Å². The molecule has 0 aliphatic heterocycles. The van der Waals surface area contributed by atoms with Crippen LogP contribution in [0.5, 0.6) is 0 Å². The molecule has 40 heavy (non-hydrogen) atoms. The summed E-state index contributed by atoms with van der Waals surface area (Å²) < 4.78 is 1.86. The van der Waals surface area contributed by atoms with E-state index in [4.69, 9.17) is 9.97 Å². The number of H-pyrrole nitrogens is 2. The Balaban J connectivity index is 1.21. The van der Waals surface area contributed by atoms with Gasteiger partial charge >= 0.3 is 0 Å². The van der Waals surface area contributed by atoms with Gasteiger partial charge in [-0.2, -0.15) is 5.10 Å². The summed E-state index contributed by atoms with van der Waals surface area (Å²) in [5, 5.41) is 11.0. The lowest BCUT2D eigenvalue weighted by Crippen LogP contribution is -2.02. The second-order valence-corrected chi connectivity index (χ2v) is 9.56.